The molecular weight excluding hydrogens is 478 g/mol. The Kier molecular flexibility index (Phi) is 8.43. The number of fused-ring (bicyclic) bond motifs is 1. The summed E-state index contributed by atoms with van der Waals surface area (Å²) in [5.74, 6) is 2.59. The van der Waals surface area contributed by atoms with Gasteiger partial charge >= 0.3 is 0 Å². The van der Waals surface area contributed by atoms with Gasteiger partial charge in [0.15, 0.2) is 11.5 Å². The molecule has 0 bridgehead atoms. The Morgan fingerprint density at radius 2 is 1.66 bits per heavy atom. The average molecular weight is 514 g/mol. The topological polar surface area (TPSA) is 88.6 Å². The Hall–Kier alpha value is -4.17. The highest BCUT2D eigenvalue weighted by molar-refractivity contribution is 5.94. The number of aryl methyl sites for hydroxylation is 1. The second-order valence-corrected chi connectivity index (χ2v) is 9.47. The molecule has 0 aliphatic rings. The van der Waals surface area contributed by atoms with Gasteiger partial charge in [-0.3, -0.25) is 4.79 Å². The van der Waals surface area contributed by atoms with Gasteiger partial charge in [0.25, 0.3) is 5.91 Å². The highest BCUT2D eigenvalue weighted by atomic mass is 16.5. The molecule has 0 saturated heterocycles. The third-order valence-electron chi connectivity index (χ3n) is 6.38. The smallest absolute Gasteiger partial charge is 0.251 e. The van der Waals surface area contributed by atoms with E-state index < -0.39 is 0 Å². The number of anilines is 1. The van der Waals surface area contributed by atoms with Crippen LogP contribution in [0.4, 0.5) is 5.82 Å². The quantitative estimate of drug-likeness (QED) is 0.305. The number of hydrogen-bond donors (Lipinski definition) is 2. The molecule has 1 atom stereocenters. The molecule has 0 fully saturated rings. The molecule has 4 aromatic rings. The second-order valence-electron chi connectivity index (χ2n) is 9.47. The van der Waals surface area contributed by atoms with Crippen LogP contribution in [0.15, 0.2) is 60.7 Å². The highest BCUT2D eigenvalue weighted by Gasteiger charge is 2.15. The Morgan fingerprint density at radius 1 is 0.947 bits per heavy atom. The first-order valence-electron chi connectivity index (χ1n) is 12.6. The van der Waals surface area contributed by atoms with E-state index in [2.05, 4.69) is 45.7 Å². The van der Waals surface area contributed by atoms with Crippen molar-refractivity contribution in [3.63, 3.8) is 0 Å². The predicted octanol–water partition coefficient (Wildman–Crippen LogP) is 5.09. The average Bonchev–Trinajstić information content (AvgIpc) is 2.92. The summed E-state index contributed by atoms with van der Waals surface area (Å²) in [5, 5.41) is 7.37. The number of carbonyl (C=O) groups excluding carboxylic acids is 1. The number of amides is 1. The van der Waals surface area contributed by atoms with Gasteiger partial charge in [0.1, 0.15) is 11.6 Å². The third kappa shape index (κ3) is 6.20. The lowest BCUT2D eigenvalue weighted by Crippen LogP contribution is -2.31. The van der Waals surface area contributed by atoms with Crippen LogP contribution >= 0.6 is 0 Å². The van der Waals surface area contributed by atoms with Crippen molar-refractivity contribution in [2.45, 2.75) is 19.9 Å². The van der Waals surface area contributed by atoms with Gasteiger partial charge in [-0.05, 0) is 68.9 Å². The van der Waals surface area contributed by atoms with Gasteiger partial charge in [-0.25, -0.2) is 9.97 Å². The number of carbonyl (C=O) groups is 1. The molecule has 8 heteroatoms. The Bertz CT molecular complexity index is 1420. The molecule has 198 valence electrons. The number of rotatable bonds is 10. The highest BCUT2D eigenvalue weighted by Crippen LogP contribution is 2.35. The fourth-order valence-electron chi connectivity index (χ4n) is 4.27. The molecular formula is C30H35N5O3. The minimum atomic E-state index is -0.0633. The van der Waals surface area contributed by atoms with Crippen LogP contribution in [0.25, 0.3) is 22.0 Å². The SMILES string of the molecule is COc1cc2nc(C)nc(NC(C)c3cccc(-c4ccc(C(=O)NCCN(C)C)cc4)c3)c2cc1OC. The van der Waals surface area contributed by atoms with Crippen LogP contribution in [0.3, 0.4) is 0 Å². The molecule has 1 heterocycles. The predicted molar refractivity (Wildman–Crippen MR) is 152 cm³/mol. The maximum absolute atomic E-state index is 12.4. The van der Waals surface area contributed by atoms with Crippen LogP contribution in [0.2, 0.25) is 0 Å². The lowest BCUT2D eigenvalue weighted by atomic mass is 9.99. The van der Waals surface area contributed by atoms with Crippen molar-refractivity contribution in [2.75, 3.05) is 46.7 Å². The van der Waals surface area contributed by atoms with E-state index in [9.17, 15) is 4.79 Å². The Morgan fingerprint density at radius 3 is 2.34 bits per heavy atom. The van der Waals surface area contributed by atoms with Gasteiger partial charge in [0.2, 0.25) is 0 Å². The van der Waals surface area contributed by atoms with E-state index >= 15 is 0 Å². The molecule has 1 aromatic heterocycles. The standard InChI is InChI=1S/C30H35N5O3/c1-19(32-29-25-17-27(37-5)28(38-6)18-26(25)33-20(2)34-29)23-8-7-9-24(16-23)21-10-12-22(13-11-21)30(36)31-14-15-35(3)4/h7-13,16-19H,14-15H2,1-6H3,(H,31,36)(H,32,33,34). The summed E-state index contributed by atoms with van der Waals surface area (Å²) in [6.45, 7) is 5.39. The molecule has 38 heavy (non-hydrogen) atoms. The zero-order chi connectivity index (χ0) is 27.2. The summed E-state index contributed by atoms with van der Waals surface area (Å²) in [4.78, 5) is 23.7. The van der Waals surface area contributed by atoms with E-state index in [-0.39, 0.29) is 11.9 Å². The molecule has 8 nitrogen and oxygen atoms in total. The van der Waals surface area contributed by atoms with Crippen molar-refractivity contribution in [3.05, 3.63) is 77.6 Å². The van der Waals surface area contributed by atoms with E-state index in [0.29, 0.717) is 29.4 Å². The number of nitrogens with one attached hydrogen (secondary N) is 2. The zero-order valence-electron chi connectivity index (χ0n) is 22.8. The number of aromatic nitrogens is 2. The zero-order valence-corrected chi connectivity index (χ0v) is 22.8. The van der Waals surface area contributed by atoms with E-state index in [0.717, 1.165) is 40.0 Å². The summed E-state index contributed by atoms with van der Waals surface area (Å²) in [7, 11) is 7.19. The van der Waals surface area contributed by atoms with Gasteiger partial charge in [-0.15, -0.1) is 0 Å². The minimum Gasteiger partial charge on any atom is -0.493 e. The van der Waals surface area contributed by atoms with E-state index in [1.54, 1.807) is 14.2 Å². The van der Waals surface area contributed by atoms with E-state index in [1.165, 1.54) is 0 Å². The minimum absolute atomic E-state index is 0.0257. The van der Waals surface area contributed by atoms with Crippen molar-refractivity contribution in [1.29, 1.82) is 0 Å². The number of likely N-dealkylation sites (N-methyl/N-ethyl adjacent to an activating group) is 1. The largest absolute Gasteiger partial charge is 0.493 e. The summed E-state index contributed by atoms with van der Waals surface area (Å²) in [5.41, 5.74) is 4.66. The van der Waals surface area contributed by atoms with Crippen LogP contribution in [0.1, 0.15) is 34.7 Å². The number of ether oxygens (including phenoxy) is 2. The molecule has 0 radical (unpaired) electrons. The number of benzene rings is 3. The van der Waals surface area contributed by atoms with Gasteiger partial charge in [-0.1, -0.05) is 30.3 Å². The van der Waals surface area contributed by atoms with Crippen LogP contribution in [0.5, 0.6) is 11.5 Å². The van der Waals surface area contributed by atoms with Crippen LogP contribution in [0, 0.1) is 6.92 Å². The molecule has 0 aliphatic heterocycles. The monoisotopic (exact) mass is 513 g/mol. The summed E-state index contributed by atoms with van der Waals surface area (Å²) in [6, 6.07) is 19.8. The fourth-order valence-corrected chi connectivity index (χ4v) is 4.27. The van der Waals surface area contributed by atoms with Gasteiger partial charge in [0.05, 0.1) is 19.7 Å². The molecule has 4 rings (SSSR count). The first-order valence-corrected chi connectivity index (χ1v) is 12.6. The van der Waals surface area contributed by atoms with E-state index in [4.69, 9.17) is 9.47 Å². The molecule has 2 N–H and O–H groups in total. The maximum Gasteiger partial charge on any atom is 0.251 e. The lowest BCUT2D eigenvalue weighted by molar-refractivity contribution is 0.0951. The number of nitrogens with zero attached hydrogens (tertiary/aromatic N) is 3. The molecule has 1 amide bonds. The second kappa shape index (κ2) is 11.9. The number of methoxy groups -OCH3 is 2. The molecule has 1 unspecified atom stereocenters. The van der Waals surface area contributed by atoms with Crippen LogP contribution < -0.4 is 20.1 Å². The van der Waals surface area contributed by atoms with Crippen molar-refractivity contribution in [2.24, 2.45) is 0 Å². The van der Waals surface area contributed by atoms with Crippen molar-refractivity contribution in [3.8, 4) is 22.6 Å². The molecule has 0 saturated carbocycles. The van der Waals surface area contributed by atoms with Crippen LogP contribution in [-0.4, -0.2) is 62.2 Å². The van der Waals surface area contributed by atoms with Crippen molar-refractivity contribution >= 4 is 22.6 Å². The molecule has 0 aliphatic carbocycles. The fraction of sp³-hybridized carbons (Fsp3) is 0.300. The first-order chi connectivity index (χ1) is 18.3. The maximum atomic E-state index is 12.4. The number of hydrogen-bond acceptors (Lipinski definition) is 7. The van der Waals surface area contributed by atoms with Crippen LogP contribution in [-0.2, 0) is 0 Å². The van der Waals surface area contributed by atoms with E-state index in [1.807, 2.05) is 68.4 Å². The normalized spacial score (nSPS) is 11.9. The third-order valence-corrected chi connectivity index (χ3v) is 6.38. The van der Waals surface area contributed by atoms with Gasteiger partial charge < -0.3 is 25.0 Å². The Labute approximate surface area is 224 Å². The molecule has 3 aromatic carbocycles. The Balaban J connectivity index is 1.54. The first kappa shape index (κ1) is 26.9. The summed E-state index contributed by atoms with van der Waals surface area (Å²) >= 11 is 0. The van der Waals surface area contributed by atoms with Crippen molar-refractivity contribution < 1.29 is 14.3 Å². The van der Waals surface area contributed by atoms with Crippen molar-refractivity contribution in [1.82, 2.24) is 20.2 Å². The van der Waals surface area contributed by atoms with Gasteiger partial charge in [0, 0.05) is 36.1 Å². The summed E-state index contributed by atoms with van der Waals surface area (Å²) < 4.78 is 10.9. The molecule has 0 spiro atoms. The lowest BCUT2D eigenvalue weighted by Gasteiger charge is -2.18. The summed E-state index contributed by atoms with van der Waals surface area (Å²) in [6.07, 6.45) is 0. The van der Waals surface area contributed by atoms with Gasteiger partial charge in [-0.2, -0.15) is 0 Å².